The summed E-state index contributed by atoms with van der Waals surface area (Å²) in [6, 6.07) is 0. The van der Waals surface area contributed by atoms with Crippen molar-refractivity contribution in [2.75, 3.05) is 6.61 Å². The van der Waals surface area contributed by atoms with Crippen molar-refractivity contribution in [1.82, 2.24) is 0 Å². The topological polar surface area (TPSA) is 40.5 Å². The first-order chi connectivity index (χ1) is 12.5. The molecule has 2 heteroatoms. The van der Waals surface area contributed by atoms with E-state index in [4.69, 9.17) is 5.11 Å². The third-order valence-corrected chi connectivity index (χ3v) is 7.96. The number of aliphatic hydroxyl groups is 2. The number of rotatable bonds is 14. The number of aliphatic hydroxyl groups excluding tert-OH is 2. The summed E-state index contributed by atoms with van der Waals surface area (Å²) in [6.45, 7) is 7.60. The second-order valence-corrected chi connectivity index (χ2v) is 10.0. The number of hydrogen-bond acceptors (Lipinski definition) is 2. The molecule has 3 fully saturated rings. The first kappa shape index (κ1) is 25.0. The maximum absolute atomic E-state index is 10.3. The molecule has 0 amide bonds. The van der Waals surface area contributed by atoms with Gasteiger partial charge in [0.1, 0.15) is 0 Å². The van der Waals surface area contributed by atoms with Crippen LogP contribution in [-0.4, -0.2) is 22.9 Å². The molecule has 3 aliphatic rings. The molecular formula is C25H50O2. The van der Waals surface area contributed by atoms with E-state index in [1.54, 1.807) is 0 Å². The lowest BCUT2D eigenvalue weighted by atomic mass is 9.42. The second kappa shape index (κ2) is 12.5. The molecule has 3 aliphatic carbocycles. The minimum Gasteiger partial charge on any atom is -0.396 e. The lowest BCUT2D eigenvalue weighted by molar-refractivity contribution is -0.139. The lowest BCUT2D eigenvalue weighted by Crippen LogP contribution is -2.55. The molecule has 0 saturated heterocycles. The molecule has 0 spiro atoms. The van der Waals surface area contributed by atoms with Crippen LogP contribution in [0.3, 0.4) is 0 Å². The van der Waals surface area contributed by atoms with Crippen LogP contribution in [-0.2, 0) is 0 Å². The van der Waals surface area contributed by atoms with Crippen molar-refractivity contribution in [2.45, 2.75) is 124 Å². The molecule has 162 valence electrons. The summed E-state index contributed by atoms with van der Waals surface area (Å²) in [5.74, 6) is 3.64. The Kier molecular flexibility index (Phi) is 11.5. The Morgan fingerprint density at radius 3 is 2.26 bits per heavy atom. The van der Waals surface area contributed by atoms with Crippen molar-refractivity contribution in [1.29, 1.82) is 0 Å². The van der Waals surface area contributed by atoms with E-state index in [1.165, 1.54) is 70.6 Å². The fraction of sp³-hybridized carbons (Fsp3) is 1.00. The highest BCUT2D eigenvalue weighted by atomic mass is 16.3. The molecule has 0 aliphatic heterocycles. The van der Waals surface area contributed by atoms with Gasteiger partial charge in [-0.2, -0.15) is 0 Å². The predicted octanol–water partition coefficient (Wildman–Crippen LogP) is 6.98. The van der Waals surface area contributed by atoms with Crippen LogP contribution < -0.4 is 0 Å². The average Bonchev–Trinajstić information content (AvgIpc) is 2.63. The third-order valence-electron chi connectivity index (χ3n) is 7.96. The Bertz CT molecular complexity index is 379. The molecule has 0 aromatic rings. The fourth-order valence-electron chi connectivity index (χ4n) is 6.02. The van der Waals surface area contributed by atoms with Crippen LogP contribution in [0.15, 0.2) is 0 Å². The van der Waals surface area contributed by atoms with Crippen molar-refractivity contribution in [3.05, 3.63) is 0 Å². The van der Waals surface area contributed by atoms with Gasteiger partial charge in [0, 0.05) is 6.61 Å². The van der Waals surface area contributed by atoms with E-state index < -0.39 is 0 Å². The number of hydrogen-bond donors (Lipinski definition) is 2. The molecule has 2 N–H and O–H groups in total. The van der Waals surface area contributed by atoms with Gasteiger partial charge in [0.25, 0.3) is 0 Å². The quantitative estimate of drug-likeness (QED) is 0.318. The summed E-state index contributed by atoms with van der Waals surface area (Å²) in [4.78, 5) is 0. The van der Waals surface area contributed by atoms with Crippen LogP contribution >= 0.6 is 0 Å². The van der Waals surface area contributed by atoms with Gasteiger partial charge < -0.3 is 10.2 Å². The predicted molar refractivity (Wildman–Crippen MR) is 118 cm³/mol. The van der Waals surface area contributed by atoms with Gasteiger partial charge in [-0.05, 0) is 74.0 Å². The molecule has 3 rings (SSSR count). The normalized spacial score (nSPS) is 29.7. The smallest absolute Gasteiger partial charge is 0.0540 e. The lowest BCUT2D eigenvalue weighted by Gasteiger charge is -2.63. The zero-order chi connectivity index (χ0) is 19.0. The highest BCUT2D eigenvalue weighted by Crippen LogP contribution is 2.64. The van der Waals surface area contributed by atoms with Gasteiger partial charge in [0.15, 0.2) is 0 Å². The van der Waals surface area contributed by atoms with Crippen molar-refractivity contribution < 1.29 is 10.2 Å². The summed E-state index contributed by atoms with van der Waals surface area (Å²) < 4.78 is 0. The average molecular weight is 383 g/mol. The summed E-state index contributed by atoms with van der Waals surface area (Å²) in [6.07, 6.45) is 17.4. The minimum atomic E-state index is -0.0630. The SMILES string of the molecule is C.CCCCC[C@H](O)CCC1C[C@H]2C[C@@H]([C@@H]1CCCCCCCO)C2(C)C. The zero-order valence-corrected chi connectivity index (χ0v) is 17.9. The van der Waals surface area contributed by atoms with Crippen LogP contribution in [0.5, 0.6) is 0 Å². The Hall–Kier alpha value is -0.0800. The third kappa shape index (κ3) is 7.03. The van der Waals surface area contributed by atoms with Gasteiger partial charge in [-0.15, -0.1) is 0 Å². The van der Waals surface area contributed by atoms with Crippen molar-refractivity contribution in [3.8, 4) is 0 Å². The van der Waals surface area contributed by atoms with E-state index in [0.29, 0.717) is 12.0 Å². The van der Waals surface area contributed by atoms with E-state index in [1.807, 2.05) is 0 Å². The highest BCUT2D eigenvalue weighted by molar-refractivity contribution is 5.05. The molecule has 0 aromatic heterocycles. The maximum atomic E-state index is 10.3. The molecule has 5 atom stereocenters. The Labute approximate surface area is 170 Å². The molecule has 27 heavy (non-hydrogen) atoms. The van der Waals surface area contributed by atoms with E-state index in [9.17, 15) is 5.11 Å². The van der Waals surface area contributed by atoms with Gasteiger partial charge in [0.2, 0.25) is 0 Å². The number of unbranched alkanes of at least 4 members (excludes halogenated alkanes) is 6. The van der Waals surface area contributed by atoms with Crippen molar-refractivity contribution in [2.24, 2.45) is 29.1 Å². The van der Waals surface area contributed by atoms with E-state index in [-0.39, 0.29) is 13.5 Å². The molecule has 0 aromatic carbocycles. The Balaban J connectivity index is 0.00000364. The first-order valence-electron chi connectivity index (χ1n) is 11.8. The van der Waals surface area contributed by atoms with Crippen molar-refractivity contribution >= 4 is 0 Å². The van der Waals surface area contributed by atoms with E-state index >= 15 is 0 Å². The van der Waals surface area contributed by atoms with Gasteiger partial charge in [-0.1, -0.05) is 73.1 Å². The Morgan fingerprint density at radius 2 is 1.59 bits per heavy atom. The molecule has 1 unspecified atom stereocenters. The fourth-order valence-corrected chi connectivity index (χ4v) is 6.02. The van der Waals surface area contributed by atoms with Crippen LogP contribution in [0.25, 0.3) is 0 Å². The second-order valence-electron chi connectivity index (χ2n) is 10.0. The molecule has 3 saturated carbocycles. The number of fused-ring (bicyclic) bond motifs is 2. The molecule has 2 bridgehead atoms. The monoisotopic (exact) mass is 382 g/mol. The molecule has 2 nitrogen and oxygen atoms in total. The largest absolute Gasteiger partial charge is 0.396 e. The van der Waals surface area contributed by atoms with Gasteiger partial charge in [0.05, 0.1) is 6.10 Å². The van der Waals surface area contributed by atoms with E-state index in [0.717, 1.165) is 42.9 Å². The molecule has 0 heterocycles. The van der Waals surface area contributed by atoms with Gasteiger partial charge in [-0.25, -0.2) is 0 Å². The summed E-state index contributed by atoms with van der Waals surface area (Å²) >= 11 is 0. The Morgan fingerprint density at radius 1 is 0.889 bits per heavy atom. The summed E-state index contributed by atoms with van der Waals surface area (Å²) in [5.41, 5.74) is 0.567. The molecule has 0 radical (unpaired) electrons. The maximum Gasteiger partial charge on any atom is 0.0540 e. The molecular weight excluding hydrogens is 332 g/mol. The minimum absolute atomic E-state index is 0. The van der Waals surface area contributed by atoms with Crippen LogP contribution in [0, 0.1) is 29.1 Å². The highest BCUT2D eigenvalue weighted by Gasteiger charge is 2.56. The zero-order valence-electron chi connectivity index (χ0n) is 17.9. The van der Waals surface area contributed by atoms with E-state index in [2.05, 4.69) is 20.8 Å². The standard InChI is InChI=1S/C24H46O2.CH4/c1-4-5-9-12-21(26)15-14-19-17-20-18-23(24(20,2)3)22(19)13-10-7-6-8-11-16-25;/h19-23,25-26H,4-18H2,1-3H3;1H4/t19?,20-,21-,22+,23-;/m0./s1. The summed E-state index contributed by atoms with van der Waals surface area (Å²) in [5, 5.41) is 19.3. The van der Waals surface area contributed by atoms with Gasteiger partial charge >= 0.3 is 0 Å². The van der Waals surface area contributed by atoms with Crippen LogP contribution in [0.4, 0.5) is 0 Å². The van der Waals surface area contributed by atoms with Crippen molar-refractivity contribution in [3.63, 3.8) is 0 Å². The van der Waals surface area contributed by atoms with Gasteiger partial charge in [-0.3, -0.25) is 0 Å². The summed E-state index contributed by atoms with van der Waals surface area (Å²) in [7, 11) is 0. The van der Waals surface area contributed by atoms with Crippen LogP contribution in [0.1, 0.15) is 118 Å². The first-order valence-corrected chi connectivity index (χ1v) is 11.8. The van der Waals surface area contributed by atoms with Crippen LogP contribution in [0.2, 0.25) is 0 Å².